The Kier molecular flexibility index (Phi) is 2.88. The summed E-state index contributed by atoms with van der Waals surface area (Å²) in [4.78, 5) is 8.68. The lowest BCUT2D eigenvalue weighted by molar-refractivity contribution is 0.442. The number of nitrogens with zero attached hydrogens (tertiary/aromatic N) is 3. The van der Waals surface area contributed by atoms with Crippen molar-refractivity contribution in [3.8, 4) is 0 Å². The van der Waals surface area contributed by atoms with Gasteiger partial charge in [0.05, 0.1) is 0 Å². The summed E-state index contributed by atoms with van der Waals surface area (Å²) < 4.78 is 2.75. The number of hydrogen-bond donors (Lipinski definition) is 1. The van der Waals surface area contributed by atoms with Gasteiger partial charge in [0.15, 0.2) is 11.5 Å². The SMILES string of the molecule is CC(C)(C)CNc1nc(Br)cn2ccnc12. The van der Waals surface area contributed by atoms with Gasteiger partial charge in [0.25, 0.3) is 0 Å². The summed E-state index contributed by atoms with van der Waals surface area (Å²) in [6.45, 7) is 7.40. The normalized spacial score (nSPS) is 12.0. The Hall–Kier alpha value is -1.10. The molecule has 5 heteroatoms. The monoisotopic (exact) mass is 282 g/mol. The third kappa shape index (κ3) is 2.52. The molecule has 16 heavy (non-hydrogen) atoms. The van der Waals surface area contributed by atoms with Crippen molar-refractivity contribution < 1.29 is 0 Å². The summed E-state index contributed by atoms with van der Waals surface area (Å²) in [5.74, 6) is 0.814. The Morgan fingerprint density at radius 1 is 1.44 bits per heavy atom. The quantitative estimate of drug-likeness (QED) is 0.921. The van der Waals surface area contributed by atoms with E-state index in [4.69, 9.17) is 0 Å². The molecule has 1 N–H and O–H groups in total. The Balaban J connectivity index is 2.32. The molecule has 0 saturated carbocycles. The maximum absolute atomic E-state index is 4.40. The Morgan fingerprint density at radius 3 is 2.88 bits per heavy atom. The first-order valence-electron chi connectivity index (χ1n) is 5.19. The lowest BCUT2D eigenvalue weighted by atomic mass is 9.97. The summed E-state index contributed by atoms with van der Waals surface area (Å²) in [7, 11) is 0. The predicted molar refractivity (Wildman–Crippen MR) is 68.6 cm³/mol. The topological polar surface area (TPSA) is 42.2 Å². The lowest BCUT2D eigenvalue weighted by Crippen LogP contribution is -2.20. The molecule has 0 aliphatic carbocycles. The zero-order chi connectivity index (χ0) is 11.8. The number of hydrogen-bond acceptors (Lipinski definition) is 3. The van der Waals surface area contributed by atoms with Crippen molar-refractivity contribution in [1.82, 2.24) is 14.4 Å². The first kappa shape index (κ1) is 11.4. The van der Waals surface area contributed by atoms with Crippen molar-refractivity contribution in [2.45, 2.75) is 20.8 Å². The molecule has 4 nitrogen and oxygen atoms in total. The van der Waals surface area contributed by atoms with E-state index < -0.39 is 0 Å². The number of anilines is 1. The molecule has 0 saturated heterocycles. The average Bonchev–Trinajstić information content (AvgIpc) is 2.60. The van der Waals surface area contributed by atoms with Gasteiger partial charge in [0.2, 0.25) is 0 Å². The lowest BCUT2D eigenvalue weighted by Gasteiger charge is -2.19. The van der Waals surface area contributed by atoms with E-state index in [-0.39, 0.29) is 5.41 Å². The van der Waals surface area contributed by atoms with E-state index in [1.54, 1.807) is 6.20 Å². The molecule has 2 rings (SSSR count). The van der Waals surface area contributed by atoms with Gasteiger partial charge in [0.1, 0.15) is 4.60 Å². The van der Waals surface area contributed by atoms with Gasteiger partial charge < -0.3 is 9.72 Å². The van der Waals surface area contributed by atoms with E-state index in [1.807, 2.05) is 16.8 Å². The fourth-order valence-electron chi connectivity index (χ4n) is 1.37. The van der Waals surface area contributed by atoms with Crippen LogP contribution in [0.3, 0.4) is 0 Å². The van der Waals surface area contributed by atoms with Gasteiger partial charge in [-0.15, -0.1) is 0 Å². The van der Waals surface area contributed by atoms with Gasteiger partial charge in [-0.3, -0.25) is 0 Å². The minimum atomic E-state index is 0.216. The molecule has 0 atom stereocenters. The van der Waals surface area contributed by atoms with Crippen molar-refractivity contribution in [1.29, 1.82) is 0 Å². The standard InChI is InChI=1S/C11H15BrN4/c1-11(2,3)7-14-9-10-13-4-5-16(10)6-8(12)15-9/h4-6H,7H2,1-3H3,(H,14,15). The van der Waals surface area contributed by atoms with E-state index >= 15 is 0 Å². The first-order chi connectivity index (χ1) is 7.46. The van der Waals surface area contributed by atoms with Crippen LogP contribution in [0.2, 0.25) is 0 Å². The number of aromatic nitrogens is 3. The fraction of sp³-hybridized carbons (Fsp3) is 0.455. The molecule has 0 unspecified atom stereocenters. The number of imidazole rings is 1. The highest BCUT2D eigenvalue weighted by atomic mass is 79.9. The largest absolute Gasteiger partial charge is 0.366 e. The summed E-state index contributed by atoms with van der Waals surface area (Å²) in [6, 6.07) is 0. The number of nitrogens with one attached hydrogen (secondary N) is 1. The second-order valence-corrected chi connectivity index (χ2v) is 5.80. The molecule has 2 aromatic heterocycles. The Morgan fingerprint density at radius 2 is 2.19 bits per heavy atom. The van der Waals surface area contributed by atoms with Crippen LogP contribution in [0.5, 0.6) is 0 Å². The third-order valence-electron chi connectivity index (χ3n) is 2.13. The first-order valence-corrected chi connectivity index (χ1v) is 5.98. The highest BCUT2D eigenvalue weighted by molar-refractivity contribution is 9.10. The van der Waals surface area contributed by atoms with Gasteiger partial charge in [-0.05, 0) is 21.3 Å². The van der Waals surface area contributed by atoms with Crippen molar-refractivity contribution in [3.63, 3.8) is 0 Å². The zero-order valence-electron chi connectivity index (χ0n) is 9.66. The van der Waals surface area contributed by atoms with E-state index in [1.165, 1.54) is 0 Å². The molecule has 0 bridgehead atoms. The average molecular weight is 283 g/mol. The van der Waals surface area contributed by atoms with Crippen LogP contribution in [-0.2, 0) is 0 Å². The molecule has 2 aromatic rings. The molecular formula is C11H15BrN4. The number of halogens is 1. The minimum absolute atomic E-state index is 0.216. The van der Waals surface area contributed by atoms with E-state index in [9.17, 15) is 0 Å². The summed E-state index contributed by atoms with van der Waals surface area (Å²) in [5.41, 5.74) is 1.07. The second-order valence-electron chi connectivity index (χ2n) is 4.98. The van der Waals surface area contributed by atoms with Gasteiger partial charge in [-0.25, -0.2) is 9.97 Å². The fourth-order valence-corrected chi connectivity index (χ4v) is 1.77. The Bertz CT molecular complexity index is 498. The highest BCUT2D eigenvalue weighted by Crippen LogP contribution is 2.19. The highest BCUT2D eigenvalue weighted by Gasteiger charge is 2.12. The smallest absolute Gasteiger partial charge is 0.180 e. The van der Waals surface area contributed by atoms with Crippen LogP contribution in [0, 0.1) is 5.41 Å². The van der Waals surface area contributed by atoms with Crippen molar-refractivity contribution in [2.24, 2.45) is 5.41 Å². The van der Waals surface area contributed by atoms with Gasteiger partial charge in [-0.2, -0.15) is 0 Å². The molecule has 0 fully saturated rings. The Labute approximate surface area is 103 Å². The molecule has 0 aliphatic heterocycles. The van der Waals surface area contributed by atoms with Crippen molar-refractivity contribution >= 4 is 27.4 Å². The van der Waals surface area contributed by atoms with E-state index in [0.717, 1.165) is 22.6 Å². The zero-order valence-corrected chi connectivity index (χ0v) is 11.2. The third-order valence-corrected chi connectivity index (χ3v) is 2.51. The molecule has 0 radical (unpaired) electrons. The van der Waals surface area contributed by atoms with Crippen LogP contribution < -0.4 is 5.32 Å². The number of fused-ring (bicyclic) bond motifs is 1. The van der Waals surface area contributed by atoms with E-state index in [2.05, 4.69) is 52.0 Å². The summed E-state index contributed by atoms with van der Waals surface area (Å²) >= 11 is 3.39. The second kappa shape index (κ2) is 4.05. The molecule has 0 aromatic carbocycles. The number of rotatable bonds is 2. The van der Waals surface area contributed by atoms with Gasteiger partial charge >= 0.3 is 0 Å². The van der Waals surface area contributed by atoms with E-state index in [0.29, 0.717) is 0 Å². The predicted octanol–water partition coefficient (Wildman–Crippen LogP) is 2.95. The van der Waals surface area contributed by atoms with Crippen LogP contribution in [0.15, 0.2) is 23.2 Å². The summed E-state index contributed by atoms with van der Waals surface area (Å²) in [6.07, 6.45) is 5.57. The van der Waals surface area contributed by atoms with Crippen LogP contribution in [-0.4, -0.2) is 20.9 Å². The van der Waals surface area contributed by atoms with Crippen LogP contribution in [0.25, 0.3) is 5.65 Å². The van der Waals surface area contributed by atoms with Crippen molar-refractivity contribution in [2.75, 3.05) is 11.9 Å². The molecule has 86 valence electrons. The van der Waals surface area contributed by atoms with Crippen molar-refractivity contribution in [3.05, 3.63) is 23.2 Å². The molecular weight excluding hydrogens is 268 g/mol. The summed E-state index contributed by atoms with van der Waals surface area (Å²) in [5, 5.41) is 3.33. The molecule has 0 spiro atoms. The van der Waals surface area contributed by atoms with Crippen LogP contribution in [0.4, 0.5) is 5.82 Å². The molecule has 0 amide bonds. The maximum Gasteiger partial charge on any atom is 0.180 e. The minimum Gasteiger partial charge on any atom is -0.366 e. The van der Waals surface area contributed by atoms with Gasteiger partial charge in [0, 0.05) is 25.1 Å². The molecule has 0 aliphatic rings. The molecule has 2 heterocycles. The van der Waals surface area contributed by atoms with Crippen LogP contribution >= 0.6 is 15.9 Å². The maximum atomic E-state index is 4.40. The van der Waals surface area contributed by atoms with Crippen LogP contribution in [0.1, 0.15) is 20.8 Å². The van der Waals surface area contributed by atoms with Gasteiger partial charge in [-0.1, -0.05) is 20.8 Å².